The lowest BCUT2D eigenvalue weighted by molar-refractivity contribution is -0.107. The first-order valence-electron chi connectivity index (χ1n) is 5.41. The van der Waals surface area contributed by atoms with Crippen molar-refractivity contribution in [1.82, 2.24) is 0 Å². The van der Waals surface area contributed by atoms with E-state index in [4.69, 9.17) is 9.84 Å². The van der Waals surface area contributed by atoms with Crippen LogP contribution >= 0.6 is 0 Å². The summed E-state index contributed by atoms with van der Waals surface area (Å²) in [4.78, 5) is 11.7. The van der Waals surface area contributed by atoms with Gasteiger partial charge in [0.15, 0.2) is 6.10 Å². The molecule has 0 aliphatic carbocycles. The molecule has 0 radical (unpaired) electrons. The lowest BCUT2D eigenvalue weighted by atomic mass is 9.81. The average Bonchev–Trinajstić information content (AvgIpc) is 2.28. The van der Waals surface area contributed by atoms with E-state index in [0.29, 0.717) is 0 Å². The minimum absolute atomic E-state index is 0.0790. The van der Waals surface area contributed by atoms with Gasteiger partial charge in [-0.15, -0.1) is 0 Å². The first-order chi connectivity index (χ1) is 8.30. The molecule has 2 rings (SSSR count). The van der Waals surface area contributed by atoms with E-state index in [9.17, 15) is 20.1 Å². The van der Waals surface area contributed by atoms with Crippen LogP contribution in [-0.4, -0.2) is 39.1 Å². The van der Waals surface area contributed by atoms with E-state index in [2.05, 4.69) is 0 Å². The number of esters is 1. The average molecular weight is 254 g/mol. The fourth-order valence-corrected chi connectivity index (χ4v) is 2.27. The Bertz CT molecular complexity index is 520. The molecule has 1 aromatic rings. The molecule has 0 bridgehead atoms. The van der Waals surface area contributed by atoms with E-state index < -0.39 is 30.0 Å². The molecule has 0 aromatic heterocycles. The quantitative estimate of drug-likeness (QED) is 0.531. The molecule has 0 saturated heterocycles. The van der Waals surface area contributed by atoms with Crippen molar-refractivity contribution in [1.29, 1.82) is 0 Å². The van der Waals surface area contributed by atoms with Crippen molar-refractivity contribution in [3.05, 3.63) is 22.8 Å². The maximum atomic E-state index is 11.7. The van der Waals surface area contributed by atoms with Gasteiger partial charge in [0.2, 0.25) is 0 Å². The Labute approximate surface area is 103 Å². The highest BCUT2D eigenvalue weighted by Crippen LogP contribution is 2.43. The van der Waals surface area contributed by atoms with Crippen molar-refractivity contribution in [2.75, 3.05) is 6.61 Å². The third-order valence-corrected chi connectivity index (χ3v) is 3.29. The number of hydrogen-bond donors (Lipinski definition) is 4. The summed E-state index contributed by atoms with van der Waals surface area (Å²) >= 11 is 0. The number of phenolic OH excluding ortho intramolecular Hbond substituents is 2. The van der Waals surface area contributed by atoms with Crippen molar-refractivity contribution in [2.24, 2.45) is 0 Å². The number of rotatable bonds is 1. The van der Waals surface area contributed by atoms with Crippen LogP contribution in [0.2, 0.25) is 0 Å². The standard InChI is InChI=1S/C12H14O6/c1-5-6(14)3-7(15)9-10(5)12(2,17)8(4-13)18-11(9)16/h3,8,13-15,17H,4H2,1-2H3/t8-,12-/m0/s1. The van der Waals surface area contributed by atoms with Crippen LogP contribution in [0.1, 0.15) is 28.4 Å². The lowest BCUT2D eigenvalue weighted by Gasteiger charge is -2.38. The van der Waals surface area contributed by atoms with Gasteiger partial charge in [0.25, 0.3) is 0 Å². The largest absolute Gasteiger partial charge is 0.508 e. The van der Waals surface area contributed by atoms with Gasteiger partial charge in [-0.3, -0.25) is 0 Å². The summed E-state index contributed by atoms with van der Waals surface area (Å²) in [5, 5.41) is 38.8. The molecule has 1 aromatic carbocycles. The number of aliphatic hydroxyl groups excluding tert-OH is 1. The molecule has 1 heterocycles. The Morgan fingerprint density at radius 3 is 2.56 bits per heavy atom. The molecule has 2 atom stereocenters. The molecule has 0 saturated carbocycles. The Hall–Kier alpha value is -1.79. The maximum Gasteiger partial charge on any atom is 0.342 e. The van der Waals surface area contributed by atoms with Gasteiger partial charge in [0.1, 0.15) is 22.7 Å². The summed E-state index contributed by atoms with van der Waals surface area (Å²) in [5.74, 6) is -1.54. The minimum Gasteiger partial charge on any atom is -0.508 e. The Morgan fingerprint density at radius 2 is 2.00 bits per heavy atom. The summed E-state index contributed by atoms with van der Waals surface area (Å²) in [7, 11) is 0. The first kappa shape index (κ1) is 12.7. The molecule has 4 N–H and O–H groups in total. The Morgan fingerprint density at radius 1 is 1.39 bits per heavy atom. The third-order valence-electron chi connectivity index (χ3n) is 3.29. The molecule has 0 amide bonds. The van der Waals surface area contributed by atoms with Crippen LogP contribution in [-0.2, 0) is 10.3 Å². The zero-order valence-electron chi connectivity index (χ0n) is 9.97. The van der Waals surface area contributed by atoms with Crippen LogP contribution in [0.4, 0.5) is 0 Å². The zero-order chi connectivity index (χ0) is 13.7. The summed E-state index contributed by atoms with van der Waals surface area (Å²) in [5.41, 5.74) is -1.52. The Balaban J connectivity index is 2.79. The molecule has 0 fully saturated rings. The highest BCUT2D eigenvalue weighted by molar-refractivity contribution is 5.96. The SMILES string of the molecule is Cc1c(O)cc(O)c2c1[C@@](C)(O)[C@H](CO)OC2=O. The van der Waals surface area contributed by atoms with E-state index in [0.717, 1.165) is 6.07 Å². The normalized spacial score (nSPS) is 26.7. The van der Waals surface area contributed by atoms with Gasteiger partial charge >= 0.3 is 5.97 Å². The van der Waals surface area contributed by atoms with Crippen molar-refractivity contribution in [3.8, 4) is 11.5 Å². The molecule has 6 nitrogen and oxygen atoms in total. The number of benzene rings is 1. The third kappa shape index (κ3) is 1.53. The summed E-state index contributed by atoms with van der Waals surface area (Å²) in [6.45, 7) is 2.30. The van der Waals surface area contributed by atoms with E-state index in [1.807, 2.05) is 0 Å². The topological polar surface area (TPSA) is 107 Å². The van der Waals surface area contributed by atoms with Gasteiger partial charge in [-0.1, -0.05) is 0 Å². The molecule has 6 heteroatoms. The second kappa shape index (κ2) is 3.86. The minimum atomic E-state index is -1.68. The van der Waals surface area contributed by atoms with Crippen LogP contribution < -0.4 is 0 Å². The van der Waals surface area contributed by atoms with Crippen LogP contribution in [0.3, 0.4) is 0 Å². The molecule has 0 unspecified atom stereocenters. The highest BCUT2D eigenvalue weighted by Gasteiger charge is 2.46. The van der Waals surface area contributed by atoms with Gasteiger partial charge in [-0.2, -0.15) is 0 Å². The number of carbonyl (C=O) groups is 1. The predicted molar refractivity (Wildman–Crippen MR) is 60.4 cm³/mol. The van der Waals surface area contributed by atoms with Crippen LogP contribution in [0.25, 0.3) is 0 Å². The van der Waals surface area contributed by atoms with E-state index in [-0.39, 0.29) is 22.4 Å². The van der Waals surface area contributed by atoms with E-state index in [1.165, 1.54) is 13.8 Å². The van der Waals surface area contributed by atoms with Gasteiger partial charge in [-0.05, 0) is 19.4 Å². The molecular formula is C12H14O6. The summed E-state index contributed by atoms with van der Waals surface area (Å²) in [6.07, 6.45) is -1.14. The number of ether oxygens (including phenoxy) is 1. The maximum absolute atomic E-state index is 11.7. The lowest BCUT2D eigenvalue weighted by Crippen LogP contribution is -2.47. The number of aliphatic hydroxyl groups is 2. The van der Waals surface area contributed by atoms with Gasteiger partial charge in [0, 0.05) is 11.6 Å². The van der Waals surface area contributed by atoms with Gasteiger partial charge < -0.3 is 25.2 Å². The zero-order valence-corrected chi connectivity index (χ0v) is 9.97. The number of phenols is 2. The van der Waals surface area contributed by atoms with E-state index in [1.54, 1.807) is 0 Å². The molecule has 18 heavy (non-hydrogen) atoms. The predicted octanol–water partition coefficient (Wildman–Crippen LogP) is 0.145. The molecule has 98 valence electrons. The molecular weight excluding hydrogens is 240 g/mol. The number of cyclic esters (lactones) is 1. The fourth-order valence-electron chi connectivity index (χ4n) is 2.27. The second-order valence-electron chi connectivity index (χ2n) is 4.51. The van der Waals surface area contributed by atoms with Crippen molar-refractivity contribution in [3.63, 3.8) is 0 Å². The highest BCUT2D eigenvalue weighted by atomic mass is 16.6. The monoisotopic (exact) mass is 254 g/mol. The fraction of sp³-hybridized carbons (Fsp3) is 0.417. The van der Waals surface area contributed by atoms with Crippen LogP contribution in [0, 0.1) is 6.92 Å². The second-order valence-corrected chi connectivity index (χ2v) is 4.51. The van der Waals surface area contributed by atoms with E-state index >= 15 is 0 Å². The summed E-state index contributed by atoms with van der Waals surface area (Å²) < 4.78 is 4.87. The van der Waals surface area contributed by atoms with Crippen molar-refractivity contribution >= 4 is 5.97 Å². The number of carbonyl (C=O) groups excluding carboxylic acids is 1. The van der Waals surface area contributed by atoms with Crippen molar-refractivity contribution in [2.45, 2.75) is 25.6 Å². The molecule has 1 aliphatic heterocycles. The Kier molecular flexibility index (Phi) is 2.71. The van der Waals surface area contributed by atoms with Crippen molar-refractivity contribution < 1.29 is 30.0 Å². The summed E-state index contributed by atoms with van der Waals surface area (Å²) in [6, 6.07) is 1.02. The smallest absolute Gasteiger partial charge is 0.342 e. The number of hydrogen-bond acceptors (Lipinski definition) is 6. The first-order valence-corrected chi connectivity index (χ1v) is 5.41. The number of aromatic hydroxyl groups is 2. The van der Waals surface area contributed by atoms with Crippen LogP contribution in [0.15, 0.2) is 6.07 Å². The van der Waals surface area contributed by atoms with Gasteiger partial charge in [-0.25, -0.2) is 4.79 Å². The van der Waals surface area contributed by atoms with Gasteiger partial charge in [0.05, 0.1) is 6.61 Å². The molecule has 0 spiro atoms. The molecule has 1 aliphatic rings. The number of fused-ring (bicyclic) bond motifs is 1. The van der Waals surface area contributed by atoms with Crippen LogP contribution in [0.5, 0.6) is 11.5 Å².